The lowest BCUT2D eigenvalue weighted by Crippen LogP contribution is -2.23. The molecule has 0 spiro atoms. The Morgan fingerprint density at radius 3 is 2.12 bits per heavy atom. The van der Waals surface area contributed by atoms with Crippen LogP contribution in [0.4, 0.5) is 17.1 Å². The van der Waals surface area contributed by atoms with E-state index in [0.29, 0.717) is 0 Å². The third-order valence-electron chi connectivity index (χ3n) is 11.1. The first-order valence-corrected chi connectivity index (χ1v) is 18.5. The van der Waals surface area contributed by atoms with E-state index in [2.05, 4.69) is 140 Å². The Labute approximate surface area is 306 Å². The van der Waals surface area contributed by atoms with E-state index in [1.807, 2.05) is 12.1 Å². The van der Waals surface area contributed by atoms with Gasteiger partial charge >= 0.3 is 5.97 Å². The summed E-state index contributed by atoms with van der Waals surface area (Å²) in [5.74, 6) is -1.22. The number of anilines is 3. The number of nitrogens with zero attached hydrogens (tertiary/aromatic N) is 2. The summed E-state index contributed by atoms with van der Waals surface area (Å²) < 4.78 is 0. The van der Waals surface area contributed by atoms with Crippen molar-refractivity contribution >= 4 is 72.8 Å². The fourth-order valence-electron chi connectivity index (χ4n) is 8.58. The molecule has 1 aromatic heterocycles. The largest absolute Gasteiger partial charge is 0.477 e. The zero-order valence-electron chi connectivity index (χ0n) is 28.9. The molecule has 0 unspecified atom stereocenters. The maximum Gasteiger partial charge on any atom is 0.346 e. The van der Waals surface area contributed by atoms with Gasteiger partial charge in [0.2, 0.25) is 0 Å². The highest BCUT2D eigenvalue weighted by atomic mass is 32.1. The van der Waals surface area contributed by atoms with Gasteiger partial charge in [0.1, 0.15) is 11.6 Å². The smallest absolute Gasteiger partial charge is 0.346 e. The summed E-state index contributed by atoms with van der Waals surface area (Å²) in [6.45, 7) is 4.59. The number of fused-ring (bicyclic) bond motifs is 3. The standard InChI is InChI=1S/C47H34N2O2S/c1-3-47(4-2)40-26-32(43-24-19-36(52-43)25-33(28-48)46(50)51)16-20-37(40)38-22-18-35(27-41(38)47)49(34-11-6-5-7-12-34)42-23-17-31-14-13-29-9-8-10-30-15-21-39(42)45(31)44(29)30/h5-27H,3-4H2,1-2H3,(H,50,51)/b33-25+. The number of aliphatic carboxylic acids is 1. The number of carboxylic acid groups (broad SMARTS) is 1. The van der Waals surface area contributed by atoms with E-state index in [9.17, 15) is 15.2 Å². The summed E-state index contributed by atoms with van der Waals surface area (Å²) in [6, 6.07) is 50.3. The van der Waals surface area contributed by atoms with Crippen LogP contribution >= 0.6 is 11.3 Å². The number of para-hydroxylation sites is 1. The molecule has 0 atom stereocenters. The van der Waals surface area contributed by atoms with Gasteiger partial charge in [-0.25, -0.2) is 4.79 Å². The molecule has 8 aromatic rings. The van der Waals surface area contributed by atoms with E-state index in [4.69, 9.17) is 0 Å². The van der Waals surface area contributed by atoms with Gasteiger partial charge in [-0.15, -0.1) is 11.3 Å². The van der Waals surface area contributed by atoms with Crippen molar-refractivity contribution in [1.82, 2.24) is 0 Å². The van der Waals surface area contributed by atoms with E-state index in [1.165, 1.54) is 72.0 Å². The number of hydrogen-bond donors (Lipinski definition) is 1. The van der Waals surface area contributed by atoms with Crippen LogP contribution in [-0.4, -0.2) is 11.1 Å². The number of benzene rings is 7. The molecule has 0 saturated heterocycles. The van der Waals surface area contributed by atoms with Gasteiger partial charge < -0.3 is 10.0 Å². The molecule has 0 aliphatic heterocycles. The van der Waals surface area contributed by atoms with Crippen LogP contribution < -0.4 is 4.90 Å². The highest BCUT2D eigenvalue weighted by Crippen LogP contribution is 2.55. The van der Waals surface area contributed by atoms with Crippen molar-refractivity contribution in [3.05, 3.63) is 155 Å². The maximum atomic E-state index is 11.5. The van der Waals surface area contributed by atoms with Crippen LogP contribution in [0.15, 0.2) is 139 Å². The third kappa shape index (κ3) is 4.76. The molecular formula is C47H34N2O2S. The van der Waals surface area contributed by atoms with Crippen molar-refractivity contribution in [3.8, 4) is 27.6 Å². The molecule has 0 saturated carbocycles. The average Bonchev–Trinajstić information content (AvgIpc) is 3.77. The Hall–Kier alpha value is -6.22. The molecule has 0 bridgehead atoms. The van der Waals surface area contributed by atoms with Crippen LogP contribution in [0.25, 0.3) is 60.0 Å². The molecule has 9 rings (SSSR count). The highest BCUT2D eigenvalue weighted by molar-refractivity contribution is 7.16. The lowest BCUT2D eigenvalue weighted by molar-refractivity contribution is -0.132. The lowest BCUT2D eigenvalue weighted by atomic mass is 9.73. The number of hydrogen-bond acceptors (Lipinski definition) is 4. The molecule has 0 amide bonds. The molecule has 1 aliphatic rings. The average molecular weight is 691 g/mol. The van der Waals surface area contributed by atoms with E-state index in [-0.39, 0.29) is 11.0 Å². The van der Waals surface area contributed by atoms with Crippen molar-refractivity contribution in [2.24, 2.45) is 0 Å². The molecule has 250 valence electrons. The Kier molecular flexibility index (Phi) is 7.46. The second-order valence-corrected chi connectivity index (χ2v) is 14.7. The van der Waals surface area contributed by atoms with Gasteiger partial charge in [-0.2, -0.15) is 5.26 Å². The molecule has 1 N–H and O–H groups in total. The van der Waals surface area contributed by atoms with Gasteiger partial charge in [0, 0.05) is 31.9 Å². The molecule has 7 aromatic carbocycles. The fraction of sp³-hybridized carbons (Fsp3) is 0.106. The predicted molar refractivity (Wildman–Crippen MR) is 216 cm³/mol. The van der Waals surface area contributed by atoms with Crippen LogP contribution in [-0.2, 0) is 10.2 Å². The maximum absolute atomic E-state index is 11.5. The molecule has 1 heterocycles. The van der Waals surface area contributed by atoms with Crippen LogP contribution in [0.2, 0.25) is 0 Å². The summed E-state index contributed by atoms with van der Waals surface area (Å²) in [7, 11) is 0. The van der Waals surface area contributed by atoms with Gasteiger partial charge in [-0.1, -0.05) is 98.8 Å². The van der Waals surface area contributed by atoms with Gasteiger partial charge in [-0.3, -0.25) is 0 Å². The summed E-state index contributed by atoms with van der Waals surface area (Å²) >= 11 is 1.50. The minimum absolute atomic E-state index is 0.182. The van der Waals surface area contributed by atoms with Crippen LogP contribution in [0, 0.1) is 11.3 Å². The van der Waals surface area contributed by atoms with Gasteiger partial charge in [0.05, 0.1) is 5.69 Å². The minimum atomic E-state index is -1.22. The van der Waals surface area contributed by atoms with E-state index in [0.717, 1.165) is 45.2 Å². The van der Waals surface area contributed by atoms with Crippen LogP contribution in [0.1, 0.15) is 42.7 Å². The van der Waals surface area contributed by atoms with E-state index >= 15 is 0 Å². The molecule has 0 radical (unpaired) electrons. The third-order valence-corrected chi connectivity index (χ3v) is 12.2. The molecular weight excluding hydrogens is 657 g/mol. The van der Waals surface area contributed by atoms with Crippen LogP contribution in [0.3, 0.4) is 0 Å². The van der Waals surface area contributed by atoms with Crippen LogP contribution in [0.5, 0.6) is 0 Å². The van der Waals surface area contributed by atoms with Crippen molar-refractivity contribution < 1.29 is 9.90 Å². The van der Waals surface area contributed by atoms with Gasteiger partial charge in [0.25, 0.3) is 0 Å². The summed E-state index contributed by atoms with van der Waals surface area (Å²) in [6.07, 6.45) is 3.34. The Morgan fingerprint density at radius 1 is 0.731 bits per heavy atom. The molecule has 0 fully saturated rings. The fourth-order valence-corrected chi connectivity index (χ4v) is 9.52. The van der Waals surface area contributed by atoms with Crippen molar-refractivity contribution in [2.45, 2.75) is 32.1 Å². The SMILES string of the molecule is CCC1(CC)c2cc(-c3ccc(/C=C(\C#N)C(=O)O)s3)ccc2-c2ccc(N(c3ccccc3)c3ccc4ccc5cccc6ccc3c4c56)cc21. The van der Waals surface area contributed by atoms with Gasteiger partial charge in [0.15, 0.2) is 0 Å². The number of thiophene rings is 1. The quantitative estimate of drug-likeness (QED) is 0.0979. The monoisotopic (exact) mass is 690 g/mol. The lowest BCUT2D eigenvalue weighted by Gasteiger charge is -2.32. The molecule has 5 heteroatoms. The predicted octanol–water partition coefficient (Wildman–Crippen LogP) is 12.9. The molecule has 52 heavy (non-hydrogen) atoms. The van der Waals surface area contributed by atoms with E-state index in [1.54, 1.807) is 6.07 Å². The van der Waals surface area contributed by atoms with E-state index < -0.39 is 5.97 Å². The summed E-state index contributed by atoms with van der Waals surface area (Å²) in [4.78, 5) is 15.7. The zero-order valence-corrected chi connectivity index (χ0v) is 29.7. The first kappa shape index (κ1) is 31.7. The number of rotatable bonds is 8. The second-order valence-electron chi connectivity index (χ2n) is 13.6. The van der Waals surface area contributed by atoms with Crippen molar-refractivity contribution in [3.63, 3.8) is 0 Å². The normalized spacial score (nSPS) is 13.4. The number of carboxylic acids is 1. The summed E-state index contributed by atoms with van der Waals surface area (Å²) in [5.41, 5.74) is 9.23. The first-order valence-electron chi connectivity index (χ1n) is 17.7. The number of carbonyl (C=O) groups is 1. The Balaban J connectivity index is 1.20. The number of nitriles is 1. The minimum Gasteiger partial charge on any atom is -0.477 e. The Morgan fingerprint density at radius 2 is 1.40 bits per heavy atom. The second kappa shape index (κ2) is 12.2. The van der Waals surface area contributed by atoms with Crippen molar-refractivity contribution in [1.29, 1.82) is 5.26 Å². The Bertz CT molecular complexity index is 2750. The zero-order chi connectivity index (χ0) is 35.6. The van der Waals surface area contributed by atoms with Crippen molar-refractivity contribution in [2.75, 3.05) is 4.90 Å². The first-order chi connectivity index (χ1) is 25.4. The molecule has 1 aliphatic carbocycles. The highest BCUT2D eigenvalue weighted by Gasteiger charge is 2.41. The summed E-state index contributed by atoms with van der Waals surface area (Å²) in [5, 5.41) is 26.2. The molecule has 4 nitrogen and oxygen atoms in total. The van der Waals surface area contributed by atoms with Gasteiger partial charge in [-0.05, 0) is 122 Å². The topological polar surface area (TPSA) is 64.3 Å².